The minimum atomic E-state index is -0.859. The largest absolute Gasteiger partial charge is 0.481 e. The number of anilines is 2. The summed E-state index contributed by atoms with van der Waals surface area (Å²) in [4.78, 5) is 44.8. The Kier molecular flexibility index (Phi) is 12.6. The first-order valence-electron chi connectivity index (χ1n) is 9.55. The highest BCUT2D eigenvalue weighted by Gasteiger charge is 2.06. The molecule has 0 aliphatic carbocycles. The summed E-state index contributed by atoms with van der Waals surface area (Å²) < 4.78 is 0. The molecule has 0 aromatic heterocycles. The van der Waals surface area contributed by atoms with Gasteiger partial charge in [-0.2, -0.15) is 0 Å². The highest BCUT2D eigenvalue weighted by Crippen LogP contribution is 2.14. The number of amides is 2. The molecule has 2 N–H and O–H groups in total. The maximum absolute atomic E-state index is 11.0. The Morgan fingerprint density at radius 1 is 0.710 bits per heavy atom. The second kappa shape index (κ2) is 14.3. The van der Waals surface area contributed by atoms with Gasteiger partial charge < -0.3 is 20.0 Å². The van der Waals surface area contributed by atoms with Gasteiger partial charge in [0, 0.05) is 45.7 Å². The van der Waals surface area contributed by atoms with Crippen LogP contribution in [0.1, 0.15) is 32.8 Å². The lowest BCUT2D eigenvalue weighted by atomic mass is 10.1. The molecule has 0 bridgehead atoms. The van der Waals surface area contributed by atoms with Crippen molar-refractivity contribution in [2.75, 3.05) is 23.9 Å². The van der Waals surface area contributed by atoms with Crippen LogP contribution in [0.25, 0.3) is 0 Å². The van der Waals surface area contributed by atoms with Crippen molar-refractivity contribution < 1.29 is 29.4 Å². The van der Waals surface area contributed by atoms with Crippen LogP contribution in [-0.2, 0) is 25.6 Å². The molecule has 0 heterocycles. The average Bonchev–Trinajstić information content (AvgIpc) is 2.74. The smallest absolute Gasteiger partial charge is 0.307 e. The Balaban J connectivity index is 0.000000492. The Morgan fingerprint density at radius 2 is 1.10 bits per heavy atom. The highest BCUT2D eigenvalue weighted by molar-refractivity contribution is 5.91. The van der Waals surface area contributed by atoms with Gasteiger partial charge in [-0.3, -0.25) is 19.2 Å². The first kappa shape index (κ1) is 27.3. The molecule has 8 nitrogen and oxygen atoms in total. The number of carboxylic acids is 2. The number of hydrogen-bond donors (Lipinski definition) is 2. The first-order valence-corrected chi connectivity index (χ1v) is 9.55. The molecule has 2 aromatic carbocycles. The van der Waals surface area contributed by atoms with E-state index in [4.69, 9.17) is 10.2 Å². The van der Waals surface area contributed by atoms with Crippen LogP contribution >= 0.6 is 0 Å². The zero-order chi connectivity index (χ0) is 24.0. The fourth-order valence-corrected chi connectivity index (χ4v) is 2.03. The van der Waals surface area contributed by atoms with Crippen molar-refractivity contribution in [2.45, 2.75) is 33.6 Å². The zero-order valence-electron chi connectivity index (χ0n) is 18.5. The van der Waals surface area contributed by atoms with Crippen molar-refractivity contribution in [1.29, 1.82) is 0 Å². The summed E-state index contributed by atoms with van der Waals surface area (Å²) >= 11 is 0. The summed E-state index contributed by atoms with van der Waals surface area (Å²) in [5.74, 6) is -1.61. The summed E-state index contributed by atoms with van der Waals surface area (Å²) in [7, 11) is 3.44. The number of hydrogen-bond acceptors (Lipinski definition) is 4. The van der Waals surface area contributed by atoms with Crippen molar-refractivity contribution in [3.05, 3.63) is 60.2 Å². The molecule has 31 heavy (non-hydrogen) atoms. The molecule has 0 radical (unpaired) electrons. The maximum atomic E-state index is 11.0. The molecule has 0 spiro atoms. The Labute approximate surface area is 182 Å². The van der Waals surface area contributed by atoms with Gasteiger partial charge in [-0.25, -0.2) is 0 Å². The van der Waals surface area contributed by atoms with Gasteiger partial charge in [0.05, 0.1) is 6.42 Å². The van der Waals surface area contributed by atoms with Crippen molar-refractivity contribution >= 4 is 35.1 Å². The van der Waals surface area contributed by atoms with Gasteiger partial charge in [-0.1, -0.05) is 37.3 Å². The van der Waals surface area contributed by atoms with Crippen LogP contribution in [0.15, 0.2) is 54.6 Å². The Bertz CT molecular complexity index is 850. The molecule has 0 saturated heterocycles. The molecular weight excluding hydrogens is 400 g/mol. The lowest BCUT2D eigenvalue weighted by Crippen LogP contribution is -2.22. The van der Waals surface area contributed by atoms with Gasteiger partial charge in [0.15, 0.2) is 0 Å². The van der Waals surface area contributed by atoms with Gasteiger partial charge in [0.1, 0.15) is 0 Å². The van der Waals surface area contributed by atoms with Crippen molar-refractivity contribution in [2.24, 2.45) is 0 Å². The van der Waals surface area contributed by atoms with Crippen LogP contribution in [0.4, 0.5) is 11.4 Å². The molecule has 168 valence electrons. The van der Waals surface area contributed by atoms with E-state index in [9.17, 15) is 19.2 Å². The predicted molar refractivity (Wildman–Crippen MR) is 120 cm³/mol. The minimum absolute atomic E-state index is 0.00403. The second-order valence-corrected chi connectivity index (χ2v) is 6.48. The van der Waals surface area contributed by atoms with Gasteiger partial charge >= 0.3 is 11.9 Å². The number of carboxylic acid groups (broad SMARTS) is 2. The maximum Gasteiger partial charge on any atom is 0.307 e. The number of rotatable bonds is 5. The lowest BCUT2D eigenvalue weighted by Gasteiger charge is -2.14. The molecule has 0 saturated carbocycles. The normalized spacial score (nSPS) is 9.19. The number of aliphatic carboxylic acids is 2. The van der Waals surface area contributed by atoms with Crippen molar-refractivity contribution in [3.63, 3.8) is 0 Å². The molecule has 0 aliphatic rings. The van der Waals surface area contributed by atoms with E-state index in [1.54, 1.807) is 57.1 Å². The minimum Gasteiger partial charge on any atom is -0.481 e. The monoisotopic (exact) mass is 430 g/mol. The van der Waals surface area contributed by atoms with E-state index in [-0.39, 0.29) is 24.7 Å². The van der Waals surface area contributed by atoms with Crippen LogP contribution in [0.5, 0.6) is 0 Å². The molecule has 0 unspecified atom stereocenters. The topological polar surface area (TPSA) is 115 Å². The molecule has 0 atom stereocenters. The van der Waals surface area contributed by atoms with E-state index >= 15 is 0 Å². The predicted octanol–water partition coefficient (Wildman–Crippen LogP) is 3.45. The summed E-state index contributed by atoms with van der Waals surface area (Å²) in [6.07, 6.45) is 0.226. The van der Waals surface area contributed by atoms with E-state index in [1.807, 2.05) is 30.3 Å². The Morgan fingerprint density at radius 3 is 1.42 bits per heavy atom. The standard InChI is InChI=1S/C11H13NO3.C9H11NO.C3H6O2/c1-8(13)12(2)10-5-3-9(4-6-10)7-11(14)15;1-8(11)10(2)9-6-4-3-5-7-9;1-2-3(4)5/h3-6H,7H2,1-2H3,(H,14,15);3-7H,1-2H3;2H2,1H3,(H,4,5). The van der Waals surface area contributed by atoms with Gasteiger partial charge in [-0.15, -0.1) is 0 Å². The third kappa shape index (κ3) is 11.8. The number of benzene rings is 2. The first-order chi connectivity index (χ1) is 14.5. The van der Waals surface area contributed by atoms with Crippen LogP contribution in [0.2, 0.25) is 0 Å². The average molecular weight is 431 g/mol. The number of carbonyl (C=O) groups is 4. The quantitative estimate of drug-likeness (QED) is 0.751. The van der Waals surface area contributed by atoms with E-state index in [0.717, 1.165) is 16.9 Å². The van der Waals surface area contributed by atoms with E-state index < -0.39 is 11.9 Å². The fraction of sp³-hybridized carbons (Fsp3) is 0.304. The second-order valence-electron chi connectivity index (χ2n) is 6.48. The van der Waals surface area contributed by atoms with Gasteiger partial charge in [-0.05, 0) is 29.8 Å². The van der Waals surface area contributed by atoms with Crippen molar-refractivity contribution in [3.8, 4) is 0 Å². The van der Waals surface area contributed by atoms with Gasteiger partial charge in [0.25, 0.3) is 0 Å². The molecule has 0 fully saturated rings. The molecule has 2 amide bonds. The lowest BCUT2D eigenvalue weighted by molar-refractivity contribution is -0.137. The summed E-state index contributed by atoms with van der Waals surface area (Å²) in [5.41, 5.74) is 2.42. The Hall–Kier alpha value is -3.68. The SMILES string of the molecule is CC(=O)N(C)c1ccc(CC(=O)O)cc1.CC(=O)N(C)c1ccccc1.CCC(=O)O. The summed E-state index contributed by atoms with van der Waals surface area (Å²) in [6.45, 7) is 4.63. The third-order valence-corrected chi connectivity index (χ3v) is 4.07. The third-order valence-electron chi connectivity index (χ3n) is 4.07. The number of nitrogens with zero attached hydrogens (tertiary/aromatic N) is 2. The number of para-hydroxylation sites is 1. The molecule has 0 aliphatic heterocycles. The highest BCUT2D eigenvalue weighted by atomic mass is 16.4. The van der Waals surface area contributed by atoms with E-state index in [2.05, 4.69) is 0 Å². The zero-order valence-corrected chi connectivity index (χ0v) is 18.5. The van der Waals surface area contributed by atoms with Crippen LogP contribution in [0, 0.1) is 0 Å². The summed E-state index contributed by atoms with van der Waals surface area (Å²) in [6, 6.07) is 16.5. The fourth-order valence-electron chi connectivity index (χ4n) is 2.03. The molecule has 2 rings (SSSR count). The molecular formula is C23H30N2O6. The number of carbonyl (C=O) groups excluding carboxylic acids is 2. The summed E-state index contributed by atoms with van der Waals surface area (Å²) in [5, 5.41) is 16.3. The molecule has 2 aromatic rings. The van der Waals surface area contributed by atoms with E-state index in [0.29, 0.717) is 0 Å². The van der Waals surface area contributed by atoms with Crippen LogP contribution in [-0.4, -0.2) is 48.1 Å². The van der Waals surface area contributed by atoms with Crippen LogP contribution in [0.3, 0.4) is 0 Å². The van der Waals surface area contributed by atoms with E-state index in [1.165, 1.54) is 11.8 Å². The van der Waals surface area contributed by atoms with Crippen molar-refractivity contribution in [1.82, 2.24) is 0 Å². The molecule has 8 heteroatoms. The van der Waals surface area contributed by atoms with Crippen LogP contribution < -0.4 is 9.80 Å². The van der Waals surface area contributed by atoms with Gasteiger partial charge in [0.2, 0.25) is 11.8 Å².